The van der Waals surface area contributed by atoms with Crippen LogP contribution in [0.5, 0.6) is 0 Å². The third kappa shape index (κ3) is 3.92. The van der Waals surface area contributed by atoms with Gasteiger partial charge >= 0.3 is 5.97 Å². The van der Waals surface area contributed by atoms with Gasteiger partial charge in [-0.25, -0.2) is 13.2 Å². The molecule has 1 aliphatic heterocycles. The molecule has 1 aliphatic rings. The van der Waals surface area contributed by atoms with Crippen LogP contribution < -0.4 is 5.32 Å². The Morgan fingerprint density at radius 3 is 2.31 bits per heavy atom. The zero-order chi connectivity index (χ0) is 22.9. The van der Waals surface area contributed by atoms with Gasteiger partial charge in [0.1, 0.15) is 0 Å². The minimum absolute atomic E-state index is 0.00493. The second-order valence-electron chi connectivity index (χ2n) is 7.32. The van der Waals surface area contributed by atoms with E-state index in [0.717, 1.165) is 11.6 Å². The zero-order valence-corrected chi connectivity index (χ0v) is 17.9. The fraction of sp³-hybridized carbons (Fsp3) is 0.125. The van der Waals surface area contributed by atoms with Gasteiger partial charge in [0.15, 0.2) is 12.4 Å². The van der Waals surface area contributed by atoms with Crippen LogP contribution in [0.15, 0.2) is 82.6 Å². The molecule has 0 fully saturated rings. The molecule has 1 amide bonds. The summed E-state index contributed by atoms with van der Waals surface area (Å²) in [6.45, 7) is 1.28. The maximum atomic E-state index is 13.0. The number of ketones is 1. The van der Waals surface area contributed by atoms with E-state index in [1.807, 2.05) is 30.3 Å². The number of hydrogen-bond donors (Lipinski definition) is 1. The lowest BCUT2D eigenvalue weighted by Gasteiger charge is -2.19. The van der Waals surface area contributed by atoms with Crippen molar-refractivity contribution < 1.29 is 27.5 Å². The van der Waals surface area contributed by atoms with E-state index in [0.29, 0.717) is 0 Å². The van der Waals surface area contributed by atoms with Crippen LogP contribution in [-0.4, -0.2) is 32.7 Å². The summed E-state index contributed by atoms with van der Waals surface area (Å²) in [6.07, 6.45) is 0. The number of hydrogen-bond acceptors (Lipinski definition) is 6. The van der Waals surface area contributed by atoms with Crippen molar-refractivity contribution in [3.63, 3.8) is 0 Å². The summed E-state index contributed by atoms with van der Waals surface area (Å²) in [4.78, 5) is 36.9. The number of nitrogens with one attached hydrogen (secondary N) is 1. The highest BCUT2D eigenvalue weighted by Gasteiger charge is 2.35. The molecule has 0 spiro atoms. The number of fused-ring (bicyclic) bond motifs is 2. The highest BCUT2D eigenvalue weighted by molar-refractivity contribution is 7.91. The molecular formula is C24H19NO6S. The van der Waals surface area contributed by atoms with E-state index in [1.165, 1.54) is 30.3 Å². The molecule has 0 saturated heterocycles. The Morgan fingerprint density at radius 1 is 0.906 bits per heavy atom. The largest absolute Gasteiger partial charge is 0.452 e. The molecule has 8 heteroatoms. The molecule has 1 atom stereocenters. The fourth-order valence-corrected chi connectivity index (χ4v) is 5.21. The first-order chi connectivity index (χ1) is 15.3. The van der Waals surface area contributed by atoms with Crippen molar-refractivity contribution in [1.82, 2.24) is 5.32 Å². The van der Waals surface area contributed by atoms with Crippen LogP contribution in [0.3, 0.4) is 0 Å². The van der Waals surface area contributed by atoms with Crippen molar-refractivity contribution in [3.05, 3.63) is 95.1 Å². The van der Waals surface area contributed by atoms with Crippen LogP contribution in [0.25, 0.3) is 0 Å². The second kappa shape index (κ2) is 8.39. The van der Waals surface area contributed by atoms with Gasteiger partial charge in [0.25, 0.3) is 5.91 Å². The Balaban J connectivity index is 1.48. The maximum absolute atomic E-state index is 13.0. The number of sulfone groups is 1. The Hall–Kier alpha value is -3.78. The first kappa shape index (κ1) is 21.5. The monoisotopic (exact) mass is 449 g/mol. The van der Waals surface area contributed by atoms with Crippen LogP contribution in [-0.2, 0) is 19.4 Å². The number of carbonyl (C=O) groups excluding carboxylic acids is 3. The second-order valence-corrected chi connectivity index (χ2v) is 9.20. The number of esters is 1. The molecule has 1 N–H and O–H groups in total. The van der Waals surface area contributed by atoms with Gasteiger partial charge in [-0.05, 0) is 42.8 Å². The van der Waals surface area contributed by atoms with Gasteiger partial charge in [-0.15, -0.1) is 0 Å². The lowest BCUT2D eigenvalue weighted by atomic mass is 10.0. The summed E-state index contributed by atoms with van der Waals surface area (Å²) in [5, 5.41) is 2.73. The Kier molecular flexibility index (Phi) is 5.63. The molecule has 4 rings (SSSR count). The van der Waals surface area contributed by atoms with Crippen LogP contribution in [0, 0.1) is 0 Å². The summed E-state index contributed by atoms with van der Waals surface area (Å²) in [6, 6.07) is 18.7. The predicted octanol–water partition coefficient (Wildman–Crippen LogP) is 3.10. The summed E-state index contributed by atoms with van der Waals surface area (Å²) >= 11 is 0. The highest BCUT2D eigenvalue weighted by Crippen LogP contribution is 2.34. The zero-order valence-electron chi connectivity index (χ0n) is 17.1. The van der Waals surface area contributed by atoms with Crippen molar-refractivity contribution in [2.45, 2.75) is 22.8 Å². The highest BCUT2D eigenvalue weighted by atomic mass is 32.2. The summed E-state index contributed by atoms with van der Waals surface area (Å²) in [5.74, 6) is -1.79. The standard InChI is InChI=1S/C24H19NO6S/c1-15(16-7-3-2-4-8-16)25-22(26)14-31-24(28)17-11-12-19-21(13-17)32(29,30)20-10-6-5-9-18(20)23(19)27/h2-13,15H,14H2,1H3,(H,25,26). The molecule has 0 aromatic heterocycles. The molecule has 0 bridgehead atoms. The van der Waals surface area contributed by atoms with E-state index in [1.54, 1.807) is 13.0 Å². The SMILES string of the molecule is CC(NC(=O)COC(=O)c1ccc2c(c1)S(=O)(=O)c1ccccc1C2=O)c1ccccc1. The van der Waals surface area contributed by atoms with E-state index >= 15 is 0 Å². The molecule has 0 radical (unpaired) electrons. The van der Waals surface area contributed by atoms with E-state index in [9.17, 15) is 22.8 Å². The molecule has 1 unspecified atom stereocenters. The number of benzene rings is 3. The van der Waals surface area contributed by atoms with E-state index in [2.05, 4.69) is 5.32 Å². The Bertz CT molecular complexity index is 1330. The van der Waals surface area contributed by atoms with Crippen molar-refractivity contribution >= 4 is 27.5 Å². The predicted molar refractivity (Wildman–Crippen MR) is 115 cm³/mol. The van der Waals surface area contributed by atoms with Gasteiger partial charge in [0.2, 0.25) is 9.84 Å². The van der Waals surface area contributed by atoms with Crippen molar-refractivity contribution in [3.8, 4) is 0 Å². The van der Waals surface area contributed by atoms with Crippen LogP contribution >= 0.6 is 0 Å². The lowest BCUT2D eigenvalue weighted by molar-refractivity contribution is -0.124. The van der Waals surface area contributed by atoms with Crippen LogP contribution in [0.2, 0.25) is 0 Å². The minimum atomic E-state index is -3.98. The quantitative estimate of drug-likeness (QED) is 0.469. The van der Waals surface area contributed by atoms with E-state index < -0.39 is 34.1 Å². The van der Waals surface area contributed by atoms with Crippen molar-refractivity contribution in [2.75, 3.05) is 6.61 Å². The molecule has 162 valence electrons. The number of ether oxygens (including phenoxy) is 1. The van der Waals surface area contributed by atoms with Crippen LogP contribution in [0.1, 0.15) is 44.8 Å². The molecule has 32 heavy (non-hydrogen) atoms. The minimum Gasteiger partial charge on any atom is -0.452 e. The summed E-state index contributed by atoms with van der Waals surface area (Å²) < 4.78 is 31.0. The first-order valence-corrected chi connectivity index (χ1v) is 11.3. The average molecular weight is 449 g/mol. The van der Waals surface area contributed by atoms with Gasteiger partial charge in [0, 0.05) is 11.1 Å². The van der Waals surface area contributed by atoms with Gasteiger partial charge in [-0.1, -0.05) is 42.5 Å². The fourth-order valence-electron chi connectivity index (χ4n) is 3.53. The molecule has 0 saturated carbocycles. The molecule has 3 aromatic rings. The lowest BCUT2D eigenvalue weighted by Crippen LogP contribution is -2.31. The number of rotatable bonds is 5. The molecular weight excluding hydrogens is 430 g/mol. The molecule has 7 nitrogen and oxygen atoms in total. The topological polar surface area (TPSA) is 107 Å². The Morgan fingerprint density at radius 2 is 1.56 bits per heavy atom. The maximum Gasteiger partial charge on any atom is 0.338 e. The van der Waals surface area contributed by atoms with Crippen molar-refractivity contribution in [2.24, 2.45) is 0 Å². The summed E-state index contributed by atoms with van der Waals surface area (Å²) in [7, 11) is -3.98. The molecule has 3 aromatic carbocycles. The van der Waals surface area contributed by atoms with Crippen LogP contribution in [0.4, 0.5) is 0 Å². The molecule has 0 aliphatic carbocycles. The molecule has 1 heterocycles. The summed E-state index contributed by atoms with van der Waals surface area (Å²) in [5.41, 5.74) is 0.926. The van der Waals surface area contributed by atoms with Gasteiger partial charge in [-0.2, -0.15) is 0 Å². The van der Waals surface area contributed by atoms with Gasteiger partial charge in [0.05, 0.1) is 21.4 Å². The number of amides is 1. The van der Waals surface area contributed by atoms with Crippen molar-refractivity contribution in [1.29, 1.82) is 0 Å². The van der Waals surface area contributed by atoms with Gasteiger partial charge < -0.3 is 10.1 Å². The average Bonchev–Trinajstić information content (AvgIpc) is 2.81. The number of carbonyl (C=O) groups is 3. The third-order valence-electron chi connectivity index (χ3n) is 5.18. The Labute approximate surface area is 185 Å². The normalized spacial score (nSPS) is 14.6. The first-order valence-electron chi connectivity index (χ1n) is 9.83. The van der Waals surface area contributed by atoms with E-state index in [-0.39, 0.29) is 32.5 Å². The smallest absolute Gasteiger partial charge is 0.338 e. The van der Waals surface area contributed by atoms with Gasteiger partial charge in [-0.3, -0.25) is 9.59 Å². The third-order valence-corrected chi connectivity index (χ3v) is 7.04. The van der Waals surface area contributed by atoms with E-state index in [4.69, 9.17) is 4.74 Å².